The molecule has 0 aliphatic heterocycles. The summed E-state index contributed by atoms with van der Waals surface area (Å²) < 4.78 is 1.72. The molecule has 0 radical (unpaired) electrons. The van der Waals surface area contributed by atoms with Crippen molar-refractivity contribution in [2.45, 2.75) is 6.54 Å². The number of halogens is 1. The Morgan fingerprint density at radius 1 is 1.38 bits per heavy atom. The van der Waals surface area contributed by atoms with E-state index in [1.54, 1.807) is 29.2 Å². The Kier molecular flexibility index (Phi) is 2.92. The van der Waals surface area contributed by atoms with Crippen molar-refractivity contribution in [2.75, 3.05) is 0 Å². The van der Waals surface area contributed by atoms with Gasteiger partial charge in [0.25, 0.3) is 0 Å². The van der Waals surface area contributed by atoms with Crippen LogP contribution >= 0.6 is 11.6 Å². The van der Waals surface area contributed by atoms with Crippen LogP contribution in [0.2, 0.25) is 5.02 Å². The van der Waals surface area contributed by atoms with Crippen LogP contribution in [0.4, 0.5) is 0 Å². The summed E-state index contributed by atoms with van der Waals surface area (Å²) in [5, 5.41) is 4.67. The summed E-state index contributed by atoms with van der Waals surface area (Å²) in [4.78, 5) is 10.9. The van der Waals surface area contributed by atoms with Gasteiger partial charge in [-0.25, -0.2) is 0 Å². The third kappa shape index (κ3) is 2.41. The van der Waals surface area contributed by atoms with Crippen molar-refractivity contribution >= 4 is 17.5 Å². The molecule has 1 heterocycles. The zero-order valence-corrected chi connectivity index (χ0v) is 9.19. The summed E-state index contributed by atoms with van der Waals surface area (Å²) in [5.74, 6) is -0.423. The van der Waals surface area contributed by atoms with Crippen LogP contribution in [0.3, 0.4) is 0 Å². The minimum Gasteiger partial charge on any atom is -0.366 e. The zero-order valence-electron chi connectivity index (χ0n) is 8.43. The SMILES string of the molecule is NC(=O)c1ccc(Cn2cc(Cl)cn2)cc1. The largest absolute Gasteiger partial charge is 0.366 e. The molecule has 4 nitrogen and oxygen atoms in total. The zero-order chi connectivity index (χ0) is 11.5. The van der Waals surface area contributed by atoms with Crippen molar-refractivity contribution in [1.82, 2.24) is 9.78 Å². The fraction of sp³-hybridized carbons (Fsp3) is 0.0909. The maximum absolute atomic E-state index is 10.9. The van der Waals surface area contributed by atoms with Crippen LogP contribution in [0.15, 0.2) is 36.7 Å². The Morgan fingerprint density at radius 3 is 2.56 bits per heavy atom. The normalized spacial score (nSPS) is 10.3. The van der Waals surface area contributed by atoms with Gasteiger partial charge in [0.2, 0.25) is 5.91 Å². The first kappa shape index (κ1) is 10.7. The van der Waals surface area contributed by atoms with Gasteiger partial charge in [-0.1, -0.05) is 23.7 Å². The lowest BCUT2D eigenvalue weighted by atomic mass is 10.1. The minimum absolute atomic E-state index is 0.423. The number of amides is 1. The molecule has 0 fully saturated rings. The van der Waals surface area contributed by atoms with Crippen LogP contribution in [0.5, 0.6) is 0 Å². The highest BCUT2D eigenvalue weighted by Crippen LogP contribution is 2.09. The number of nitrogens with two attached hydrogens (primary N) is 1. The van der Waals surface area contributed by atoms with Crippen LogP contribution < -0.4 is 5.73 Å². The molecular formula is C11H10ClN3O. The van der Waals surface area contributed by atoms with Crippen LogP contribution in [-0.4, -0.2) is 15.7 Å². The highest BCUT2D eigenvalue weighted by Gasteiger charge is 2.01. The van der Waals surface area contributed by atoms with Gasteiger partial charge in [-0.2, -0.15) is 5.10 Å². The second-order valence-corrected chi connectivity index (χ2v) is 3.85. The van der Waals surface area contributed by atoms with Crippen LogP contribution in [0, 0.1) is 0 Å². The molecule has 16 heavy (non-hydrogen) atoms. The van der Waals surface area contributed by atoms with Gasteiger partial charge in [-0.05, 0) is 17.7 Å². The topological polar surface area (TPSA) is 60.9 Å². The third-order valence-corrected chi connectivity index (χ3v) is 2.38. The third-order valence-electron chi connectivity index (χ3n) is 2.18. The van der Waals surface area contributed by atoms with Gasteiger partial charge in [-0.3, -0.25) is 9.48 Å². The second kappa shape index (κ2) is 4.37. The smallest absolute Gasteiger partial charge is 0.248 e. The lowest BCUT2D eigenvalue weighted by Gasteiger charge is -2.02. The number of primary amides is 1. The molecule has 0 spiro atoms. The summed E-state index contributed by atoms with van der Waals surface area (Å²) in [6.07, 6.45) is 3.32. The van der Waals surface area contributed by atoms with Crippen molar-refractivity contribution in [1.29, 1.82) is 0 Å². The lowest BCUT2D eigenvalue weighted by molar-refractivity contribution is 0.100. The maximum Gasteiger partial charge on any atom is 0.248 e. The number of benzene rings is 1. The predicted molar refractivity (Wildman–Crippen MR) is 61.3 cm³/mol. The van der Waals surface area contributed by atoms with E-state index in [4.69, 9.17) is 17.3 Å². The summed E-state index contributed by atoms with van der Waals surface area (Å²) in [6, 6.07) is 7.08. The molecular weight excluding hydrogens is 226 g/mol. The molecule has 0 unspecified atom stereocenters. The molecule has 2 N–H and O–H groups in total. The fourth-order valence-corrected chi connectivity index (χ4v) is 1.54. The van der Waals surface area contributed by atoms with Gasteiger partial charge in [0.05, 0.1) is 17.8 Å². The number of nitrogens with zero attached hydrogens (tertiary/aromatic N) is 2. The van der Waals surface area contributed by atoms with E-state index < -0.39 is 5.91 Å². The number of carbonyl (C=O) groups excluding carboxylic acids is 1. The van der Waals surface area contributed by atoms with Gasteiger partial charge >= 0.3 is 0 Å². The molecule has 0 saturated carbocycles. The minimum atomic E-state index is -0.423. The first-order chi connectivity index (χ1) is 7.65. The Bertz CT molecular complexity index is 504. The van der Waals surface area contributed by atoms with Crippen molar-refractivity contribution in [3.63, 3.8) is 0 Å². The predicted octanol–water partition coefficient (Wildman–Crippen LogP) is 1.68. The monoisotopic (exact) mass is 235 g/mol. The number of hydrogen-bond acceptors (Lipinski definition) is 2. The molecule has 82 valence electrons. The van der Waals surface area contributed by atoms with Gasteiger partial charge in [-0.15, -0.1) is 0 Å². The van der Waals surface area contributed by atoms with Crippen LogP contribution in [-0.2, 0) is 6.54 Å². The molecule has 1 amide bonds. The van der Waals surface area contributed by atoms with E-state index in [-0.39, 0.29) is 0 Å². The Hall–Kier alpha value is -1.81. The van der Waals surface area contributed by atoms with E-state index in [0.29, 0.717) is 17.1 Å². The van der Waals surface area contributed by atoms with E-state index in [2.05, 4.69) is 5.10 Å². The average Bonchev–Trinajstić information content (AvgIpc) is 2.65. The lowest BCUT2D eigenvalue weighted by Crippen LogP contribution is -2.10. The first-order valence-electron chi connectivity index (χ1n) is 4.72. The van der Waals surface area contributed by atoms with Crippen molar-refractivity contribution < 1.29 is 4.79 Å². The van der Waals surface area contributed by atoms with Crippen molar-refractivity contribution in [2.24, 2.45) is 5.73 Å². The Labute approximate surface area is 97.6 Å². The van der Waals surface area contributed by atoms with Crippen LogP contribution in [0.1, 0.15) is 15.9 Å². The molecule has 5 heteroatoms. The van der Waals surface area contributed by atoms with Crippen molar-refractivity contribution in [3.05, 3.63) is 52.8 Å². The fourth-order valence-electron chi connectivity index (χ4n) is 1.39. The summed E-state index contributed by atoms with van der Waals surface area (Å²) in [5.41, 5.74) is 6.68. The molecule has 0 aliphatic rings. The molecule has 0 saturated heterocycles. The molecule has 1 aromatic heterocycles. The molecule has 2 rings (SSSR count). The highest BCUT2D eigenvalue weighted by molar-refractivity contribution is 6.30. The van der Waals surface area contributed by atoms with Crippen LogP contribution in [0.25, 0.3) is 0 Å². The average molecular weight is 236 g/mol. The molecule has 0 bridgehead atoms. The summed E-state index contributed by atoms with van der Waals surface area (Å²) in [6.45, 7) is 0.617. The van der Waals surface area contributed by atoms with Gasteiger partial charge in [0.15, 0.2) is 0 Å². The quantitative estimate of drug-likeness (QED) is 0.880. The Balaban J connectivity index is 2.14. The van der Waals surface area contributed by atoms with Crippen molar-refractivity contribution in [3.8, 4) is 0 Å². The van der Waals surface area contributed by atoms with E-state index in [1.807, 2.05) is 12.1 Å². The van der Waals surface area contributed by atoms with Gasteiger partial charge < -0.3 is 5.73 Å². The number of aromatic nitrogens is 2. The summed E-state index contributed by atoms with van der Waals surface area (Å²) >= 11 is 5.75. The first-order valence-corrected chi connectivity index (χ1v) is 5.09. The van der Waals surface area contributed by atoms with Gasteiger partial charge in [0, 0.05) is 11.8 Å². The molecule has 0 aliphatic carbocycles. The molecule has 2 aromatic rings. The van der Waals surface area contributed by atoms with E-state index in [9.17, 15) is 4.79 Å². The van der Waals surface area contributed by atoms with E-state index in [0.717, 1.165) is 5.56 Å². The molecule has 1 aromatic carbocycles. The van der Waals surface area contributed by atoms with E-state index in [1.165, 1.54) is 0 Å². The maximum atomic E-state index is 10.9. The highest BCUT2D eigenvalue weighted by atomic mass is 35.5. The second-order valence-electron chi connectivity index (χ2n) is 3.42. The van der Waals surface area contributed by atoms with Gasteiger partial charge in [0.1, 0.15) is 0 Å². The number of hydrogen-bond donors (Lipinski definition) is 1. The Morgan fingerprint density at radius 2 is 2.06 bits per heavy atom. The number of carbonyl (C=O) groups is 1. The number of rotatable bonds is 3. The standard InChI is InChI=1S/C11H10ClN3O/c12-10-5-14-15(7-10)6-8-1-3-9(4-2-8)11(13)16/h1-5,7H,6H2,(H2,13,16). The summed E-state index contributed by atoms with van der Waals surface area (Å²) in [7, 11) is 0. The molecule has 0 atom stereocenters. The van der Waals surface area contributed by atoms with E-state index >= 15 is 0 Å².